The molecule has 88 heavy (non-hydrogen) atoms. The van der Waals surface area contributed by atoms with E-state index in [0.29, 0.717) is 80.8 Å². The maximum atomic E-state index is 13.5. The van der Waals surface area contributed by atoms with Crippen LogP contribution >= 0.6 is 11.3 Å². The minimum Gasteiger partial charge on any atom is -0.364 e. The molecule has 3 amide bonds. The Bertz CT molecular complexity index is 4420. The van der Waals surface area contributed by atoms with Crippen molar-refractivity contribution in [2.24, 2.45) is 5.14 Å². The Labute approximate surface area is 513 Å². The molecule has 2 aliphatic rings. The molecule has 4 aromatic carbocycles. The number of fused-ring (bicyclic) bond motifs is 6. The summed E-state index contributed by atoms with van der Waals surface area (Å²) in [5, 5.41) is 21.3. The van der Waals surface area contributed by atoms with Crippen LogP contribution in [0, 0.1) is 0 Å². The van der Waals surface area contributed by atoms with Crippen molar-refractivity contribution in [3.63, 3.8) is 0 Å². The number of nitrogens with two attached hydrogens (primary N) is 1. The second-order valence-electron chi connectivity index (χ2n) is 22.1. The number of nitrogens with one attached hydrogen (secondary N) is 3. The second-order valence-corrected chi connectivity index (χ2v) is 30.7. The number of pyridine rings is 1. The number of anilines is 3. The molecule has 0 spiro atoms. The van der Waals surface area contributed by atoms with Crippen LogP contribution in [0.3, 0.4) is 0 Å². The Kier molecular flexibility index (Phi) is 19.9. The average molecular weight is 1330 g/mol. The smallest absolute Gasteiger partial charge is 0.295 e. The van der Waals surface area contributed by atoms with Crippen LogP contribution < -0.4 is 30.9 Å². The molecule has 0 radical (unpaired) electrons. The largest absolute Gasteiger partial charge is 0.364 e. The van der Waals surface area contributed by atoms with E-state index in [4.69, 9.17) is 10.1 Å². The van der Waals surface area contributed by atoms with Crippen LogP contribution in [0.1, 0.15) is 99.8 Å². The number of nitrogens with zero attached hydrogens (tertiary/aromatic N) is 5. The monoisotopic (exact) mass is 1330 g/mol. The zero-order valence-corrected chi connectivity index (χ0v) is 52.8. The van der Waals surface area contributed by atoms with E-state index in [9.17, 15) is 74.7 Å². The summed E-state index contributed by atoms with van der Waals surface area (Å²) in [5.41, 5.74) is 2.32. The standard InChI is InChI=1S/C56H65N9O17S6/c1-55(2)46(64(30-10-32-84(69,70)71)42-23-20-37-39(50(42)55)12-8-14-44(37)87(77,78)79)25-18-35(19-26-47-56(3,4)51-40-13-9-15-45(88(80,81)82)38(40)21-24-43(51)65(47)31-11-33-85(72,73)74)41-22-17-36(34-60-41)52(68)59-28-7-5-6-16-48(66)58-29-27-49(67)61-53-62-63-54(83-53)86(57,75)76/h8-9,12-15,17-26,34,46H,5-7,10-11,16,27-33H2,1-4H3,(H,58,66)(H,59,68)(H2,57,75,76)(H,61,62,67)(H,69,70,71)(H,72,73,74)(H,77,78,79)(H,80,81,82)/b25-18+,35-19?,47-26?. The zero-order chi connectivity index (χ0) is 64.4. The summed E-state index contributed by atoms with van der Waals surface area (Å²) in [7, 11) is -22.2. The molecule has 2 aromatic heterocycles. The lowest BCUT2D eigenvalue weighted by Crippen LogP contribution is -2.41. The molecular weight excluding hydrogens is 1260 g/mol. The number of hydrogen-bond donors (Lipinski definition) is 8. The number of amides is 3. The SMILES string of the molecule is CC1(C)C(=CC=C(/C=C/C2N(CCCS(=O)(=O)O)c3ccc4c(S(=O)(=O)O)cccc4c3C2(C)C)c2ccc(C(=O)NCCCCCC(=O)NCCC(=O)Nc3nnc(S(N)(=O)=O)s3)cn2)N(CCCS(=O)(=O)O)c2ccc3c(S(=O)(=O)O)cccc3c21. The quantitative estimate of drug-likeness (QED) is 0.0130. The summed E-state index contributed by atoms with van der Waals surface area (Å²) in [5.74, 6) is -2.43. The molecule has 9 N–H and O–H groups in total. The van der Waals surface area contributed by atoms with Gasteiger partial charge in [0.15, 0.2) is 0 Å². The van der Waals surface area contributed by atoms with E-state index in [0.717, 1.165) is 0 Å². The van der Waals surface area contributed by atoms with E-state index >= 15 is 0 Å². The lowest BCUT2D eigenvalue weighted by atomic mass is 9.78. The van der Waals surface area contributed by atoms with Gasteiger partial charge in [-0.3, -0.25) is 37.6 Å². The van der Waals surface area contributed by atoms with Gasteiger partial charge in [-0.25, -0.2) is 13.6 Å². The Balaban J connectivity index is 1.08. The Hall–Kier alpha value is -7.11. The van der Waals surface area contributed by atoms with Gasteiger partial charge in [0.1, 0.15) is 9.79 Å². The maximum absolute atomic E-state index is 13.5. The molecule has 2 aliphatic heterocycles. The van der Waals surface area contributed by atoms with Gasteiger partial charge in [-0.05, 0) is 95.6 Å². The number of carbonyl (C=O) groups is 3. The highest BCUT2D eigenvalue weighted by Gasteiger charge is 2.45. The first-order valence-corrected chi connectivity index (χ1v) is 35.8. The molecule has 0 aliphatic carbocycles. The summed E-state index contributed by atoms with van der Waals surface area (Å²) in [4.78, 5) is 46.1. The van der Waals surface area contributed by atoms with Gasteiger partial charge >= 0.3 is 0 Å². The van der Waals surface area contributed by atoms with Gasteiger partial charge in [-0.1, -0.05) is 100 Å². The molecule has 0 bridgehead atoms. The molecular formula is C56H65N9O17S6. The number of allylic oxidation sites excluding steroid dienone is 5. The number of unbranched alkanes of at least 4 members (excludes halogenated alkanes) is 2. The van der Waals surface area contributed by atoms with Crippen molar-refractivity contribution in [2.45, 2.75) is 104 Å². The summed E-state index contributed by atoms with van der Waals surface area (Å²) < 4.78 is 161. The van der Waals surface area contributed by atoms with Crippen molar-refractivity contribution in [1.82, 2.24) is 25.8 Å². The maximum Gasteiger partial charge on any atom is 0.295 e. The predicted octanol–water partition coefficient (Wildman–Crippen LogP) is 6.16. The summed E-state index contributed by atoms with van der Waals surface area (Å²) >= 11 is 0.585. The number of sulfonamides is 1. The van der Waals surface area contributed by atoms with Crippen LogP contribution in [0.5, 0.6) is 0 Å². The lowest BCUT2D eigenvalue weighted by Gasteiger charge is -2.32. The van der Waals surface area contributed by atoms with Crippen LogP contribution in [0.15, 0.2) is 123 Å². The van der Waals surface area contributed by atoms with E-state index in [1.54, 1.807) is 66.8 Å². The fraction of sp³-hybridized carbons (Fsp3) is 0.357. The van der Waals surface area contributed by atoms with Crippen molar-refractivity contribution in [3.8, 4) is 0 Å². The van der Waals surface area contributed by atoms with E-state index in [2.05, 4.69) is 26.1 Å². The van der Waals surface area contributed by atoms with Crippen molar-refractivity contribution >= 4 is 123 Å². The first kappa shape index (κ1) is 66.8. The number of primary sulfonamides is 1. The predicted molar refractivity (Wildman–Crippen MR) is 332 cm³/mol. The number of hydrogen-bond acceptors (Lipinski definition) is 19. The molecule has 1 unspecified atom stereocenters. The number of carbonyl (C=O) groups excluding carboxylic acids is 3. The Morgan fingerprint density at radius 3 is 1.85 bits per heavy atom. The van der Waals surface area contributed by atoms with E-state index in [1.165, 1.54) is 30.5 Å². The van der Waals surface area contributed by atoms with E-state index in [-0.39, 0.29) is 89.0 Å². The van der Waals surface area contributed by atoms with Crippen LogP contribution in [-0.4, -0.2) is 137 Å². The van der Waals surface area contributed by atoms with Crippen molar-refractivity contribution in [2.75, 3.05) is 52.8 Å². The van der Waals surface area contributed by atoms with E-state index in [1.807, 2.05) is 43.6 Å². The third-order valence-electron chi connectivity index (χ3n) is 15.2. The number of benzene rings is 4. The Morgan fingerprint density at radius 2 is 1.27 bits per heavy atom. The summed E-state index contributed by atoms with van der Waals surface area (Å²) in [6.07, 6.45) is 10.1. The van der Waals surface area contributed by atoms with Crippen LogP contribution in [0.4, 0.5) is 16.5 Å². The molecule has 472 valence electrons. The fourth-order valence-corrected chi connectivity index (χ4v) is 15.0. The molecule has 0 saturated heterocycles. The van der Waals surface area contributed by atoms with Gasteiger partial charge in [0, 0.05) is 83.9 Å². The number of aromatic nitrogens is 3. The topological polar surface area (TPSA) is 410 Å². The van der Waals surface area contributed by atoms with Crippen LogP contribution in [0.2, 0.25) is 0 Å². The third kappa shape index (κ3) is 15.6. The fourth-order valence-electron chi connectivity index (χ4n) is 11.3. The summed E-state index contributed by atoms with van der Waals surface area (Å²) in [6.45, 7) is 8.05. The van der Waals surface area contributed by atoms with Crippen LogP contribution in [0.25, 0.3) is 27.1 Å². The number of rotatable bonds is 26. The highest BCUT2D eigenvalue weighted by molar-refractivity contribution is 7.91. The van der Waals surface area contributed by atoms with Crippen molar-refractivity contribution < 1.29 is 74.7 Å². The second kappa shape index (κ2) is 26.1. The van der Waals surface area contributed by atoms with Crippen LogP contribution in [-0.2, 0) is 70.9 Å². The molecule has 26 nitrogen and oxygen atoms in total. The lowest BCUT2D eigenvalue weighted by molar-refractivity contribution is -0.121. The molecule has 32 heteroatoms. The van der Waals surface area contributed by atoms with Crippen molar-refractivity contribution in [1.29, 1.82) is 0 Å². The average Bonchev–Trinajstić information content (AvgIpc) is 1.62. The van der Waals surface area contributed by atoms with Gasteiger partial charge < -0.3 is 25.8 Å². The third-order valence-corrected chi connectivity index (χ3v) is 20.7. The van der Waals surface area contributed by atoms with Gasteiger partial charge in [0.25, 0.3) is 56.4 Å². The highest BCUT2D eigenvalue weighted by Crippen LogP contribution is 2.52. The first-order valence-electron chi connectivity index (χ1n) is 27.4. The van der Waals surface area contributed by atoms with E-state index < -0.39 is 95.0 Å². The normalized spacial score (nSPS) is 16.6. The van der Waals surface area contributed by atoms with Crippen molar-refractivity contribution in [3.05, 3.63) is 131 Å². The first-order chi connectivity index (χ1) is 41.1. The molecule has 0 saturated carbocycles. The van der Waals surface area contributed by atoms with Gasteiger partial charge in [-0.2, -0.15) is 33.7 Å². The zero-order valence-electron chi connectivity index (χ0n) is 47.9. The minimum absolute atomic E-state index is 0.00588. The Morgan fingerprint density at radius 1 is 0.659 bits per heavy atom. The highest BCUT2D eigenvalue weighted by atomic mass is 32.3. The minimum atomic E-state index is -4.68. The summed E-state index contributed by atoms with van der Waals surface area (Å²) in [6, 6.07) is 18.1. The van der Waals surface area contributed by atoms with Gasteiger partial charge in [0.2, 0.25) is 21.3 Å². The molecule has 4 heterocycles. The molecule has 1 atom stereocenters. The van der Waals surface area contributed by atoms with Gasteiger partial charge in [0.05, 0.1) is 28.8 Å². The molecule has 0 fully saturated rings. The molecule has 8 rings (SSSR count). The van der Waals surface area contributed by atoms with Gasteiger partial charge in [-0.15, -0.1) is 10.2 Å². The molecule has 6 aromatic rings.